The van der Waals surface area contributed by atoms with Crippen LogP contribution in [0.1, 0.15) is 12.0 Å². The first-order valence-electron chi connectivity index (χ1n) is 7.42. The number of amides is 2. The lowest BCUT2D eigenvalue weighted by Gasteiger charge is -2.14. The fraction of sp³-hybridized carbons (Fsp3) is 0.235. The molecule has 6 nitrogen and oxygen atoms in total. The quantitative estimate of drug-likeness (QED) is 0.815. The number of methoxy groups -OCH3 is 1. The number of nitrogens with zero attached hydrogens (tertiary/aromatic N) is 2. The van der Waals surface area contributed by atoms with Crippen LogP contribution in [0.4, 0.5) is 5.69 Å². The van der Waals surface area contributed by atoms with Crippen molar-refractivity contribution in [1.82, 2.24) is 4.98 Å². The van der Waals surface area contributed by atoms with Gasteiger partial charge in [0.05, 0.1) is 19.2 Å². The third-order valence-electron chi connectivity index (χ3n) is 3.90. The fourth-order valence-corrected chi connectivity index (χ4v) is 2.64. The summed E-state index contributed by atoms with van der Waals surface area (Å²) >= 11 is 0. The number of nitrogens with two attached hydrogens (primary N) is 1. The molecule has 1 aliphatic rings. The van der Waals surface area contributed by atoms with Crippen LogP contribution >= 0.6 is 0 Å². The van der Waals surface area contributed by atoms with Gasteiger partial charge in [-0.1, -0.05) is 0 Å². The van der Waals surface area contributed by atoms with Gasteiger partial charge >= 0.3 is 0 Å². The number of carbonyl (C=O) groups excluding carboxylic acids is 2. The topological polar surface area (TPSA) is 76.1 Å². The summed E-state index contributed by atoms with van der Waals surface area (Å²) in [6, 6.07) is 10.4. The molecule has 1 aromatic carbocycles. The Balaban J connectivity index is 1.69. The number of hydrogen-bond donors (Lipinski definition) is 1. The van der Waals surface area contributed by atoms with Gasteiger partial charge < -0.3 is 10.1 Å². The van der Waals surface area contributed by atoms with E-state index in [4.69, 9.17) is 4.74 Å². The number of quaternary nitrogens is 1. The maximum Gasteiger partial charge on any atom is 0.292 e. The van der Waals surface area contributed by atoms with Crippen molar-refractivity contribution in [3.63, 3.8) is 0 Å². The van der Waals surface area contributed by atoms with Crippen molar-refractivity contribution in [3.8, 4) is 5.75 Å². The molecule has 2 heterocycles. The minimum absolute atomic E-state index is 0.170. The Hall–Kier alpha value is -2.73. The first kappa shape index (κ1) is 15.2. The highest BCUT2D eigenvalue weighted by atomic mass is 16.5. The van der Waals surface area contributed by atoms with Gasteiger partial charge in [-0.25, -0.2) is 4.90 Å². The molecule has 118 valence electrons. The van der Waals surface area contributed by atoms with E-state index in [1.807, 2.05) is 17.4 Å². The van der Waals surface area contributed by atoms with E-state index in [1.54, 1.807) is 43.8 Å². The smallest absolute Gasteiger partial charge is 0.292 e. The molecule has 2 amide bonds. The van der Waals surface area contributed by atoms with Gasteiger partial charge in [-0.2, -0.15) is 0 Å². The van der Waals surface area contributed by atoms with Crippen molar-refractivity contribution in [2.24, 2.45) is 0 Å². The zero-order chi connectivity index (χ0) is 16.2. The summed E-state index contributed by atoms with van der Waals surface area (Å²) in [4.78, 5) is 29.9. The lowest BCUT2D eigenvalue weighted by molar-refractivity contribution is -0.690. The molecule has 23 heavy (non-hydrogen) atoms. The Kier molecular flexibility index (Phi) is 4.34. The Morgan fingerprint density at radius 3 is 2.52 bits per heavy atom. The van der Waals surface area contributed by atoms with Crippen LogP contribution in [0.2, 0.25) is 0 Å². The monoisotopic (exact) mass is 312 g/mol. The minimum Gasteiger partial charge on any atom is -0.497 e. The number of benzene rings is 1. The number of hydrogen-bond acceptors (Lipinski definition) is 4. The molecule has 0 unspecified atom stereocenters. The number of anilines is 1. The lowest BCUT2D eigenvalue weighted by Crippen LogP contribution is -2.90. The maximum absolute atomic E-state index is 12.5. The Morgan fingerprint density at radius 2 is 1.87 bits per heavy atom. The van der Waals surface area contributed by atoms with Crippen molar-refractivity contribution in [3.05, 3.63) is 54.4 Å². The number of ether oxygens (including phenoxy) is 1. The molecule has 0 bridgehead atoms. The molecule has 2 aromatic rings. The molecule has 1 aromatic heterocycles. The second kappa shape index (κ2) is 6.58. The summed E-state index contributed by atoms with van der Waals surface area (Å²) in [6.07, 6.45) is 3.65. The molecule has 6 heteroatoms. The molecule has 1 fully saturated rings. The number of imide groups is 1. The number of pyridine rings is 1. The average Bonchev–Trinajstić information content (AvgIpc) is 2.88. The molecule has 0 aliphatic carbocycles. The lowest BCUT2D eigenvalue weighted by atomic mass is 10.2. The average molecular weight is 312 g/mol. The second-order valence-corrected chi connectivity index (χ2v) is 5.37. The van der Waals surface area contributed by atoms with Gasteiger partial charge in [-0.3, -0.25) is 14.6 Å². The molecule has 2 N–H and O–H groups in total. The van der Waals surface area contributed by atoms with Gasteiger partial charge in [0, 0.05) is 18.0 Å². The van der Waals surface area contributed by atoms with Crippen LogP contribution in [-0.4, -0.2) is 29.9 Å². The molecular formula is C17H18N3O3+. The Morgan fingerprint density at radius 1 is 1.17 bits per heavy atom. The van der Waals surface area contributed by atoms with E-state index in [1.165, 1.54) is 4.90 Å². The summed E-state index contributed by atoms with van der Waals surface area (Å²) in [7, 11) is 1.57. The van der Waals surface area contributed by atoms with Crippen molar-refractivity contribution in [2.75, 3.05) is 12.0 Å². The van der Waals surface area contributed by atoms with E-state index < -0.39 is 0 Å². The number of rotatable bonds is 5. The van der Waals surface area contributed by atoms with Crippen LogP contribution < -0.4 is 15.0 Å². The van der Waals surface area contributed by atoms with Crippen molar-refractivity contribution < 1.29 is 19.6 Å². The summed E-state index contributed by atoms with van der Waals surface area (Å²) in [5.41, 5.74) is 1.66. The third-order valence-corrected chi connectivity index (χ3v) is 3.90. The SMILES string of the molecule is COc1ccc(N2C(=O)C[C@@H]([NH2+]Cc3ccncc3)C2=O)cc1. The van der Waals surface area contributed by atoms with E-state index in [9.17, 15) is 9.59 Å². The van der Waals surface area contributed by atoms with Crippen LogP contribution in [-0.2, 0) is 16.1 Å². The van der Waals surface area contributed by atoms with Gasteiger partial charge in [0.2, 0.25) is 5.91 Å². The van der Waals surface area contributed by atoms with Gasteiger partial charge in [0.1, 0.15) is 12.3 Å². The maximum atomic E-state index is 12.5. The highest BCUT2D eigenvalue weighted by molar-refractivity contribution is 6.21. The minimum atomic E-state index is -0.377. The summed E-state index contributed by atoms with van der Waals surface area (Å²) in [6.45, 7) is 0.642. The van der Waals surface area contributed by atoms with Crippen molar-refractivity contribution in [1.29, 1.82) is 0 Å². The molecule has 0 saturated carbocycles. The van der Waals surface area contributed by atoms with E-state index >= 15 is 0 Å². The molecular weight excluding hydrogens is 294 g/mol. The number of aromatic nitrogens is 1. The highest BCUT2D eigenvalue weighted by Crippen LogP contribution is 2.24. The van der Waals surface area contributed by atoms with Crippen LogP contribution in [0.5, 0.6) is 5.75 Å². The summed E-state index contributed by atoms with van der Waals surface area (Å²) < 4.78 is 5.09. The standard InChI is InChI=1S/C17H17N3O3/c1-23-14-4-2-13(3-5-14)20-16(21)10-15(17(20)22)19-11-12-6-8-18-9-7-12/h2-9,15,19H,10-11H2,1H3/p+1/t15-/m1/s1. The third kappa shape index (κ3) is 3.22. The number of carbonyl (C=O) groups is 2. The normalized spacial score (nSPS) is 17.6. The van der Waals surface area contributed by atoms with Crippen LogP contribution in [0.3, 0.4) is 0 Å². The molecule has 1 aliphatic heterocycles. The molecule has 0 spiro atoms. The first-order chi connectivity index (χ1) is 11.2. The molecule has 3 rings (SSSR count). The highest BCUT2D eigenvalue weighted by Gasteiger charge is 2.42. The van der Waals surface area contributed by atoms with E-state index in [0.29, 0.717) is 18.0 Å². The first-order valence-corrected chi connectivity index (χ1v) is 7.42. The van der Waals surface area contributed by atoms with E-state index in [0.717, 1.165) is 5.56 Å². The van der Waals surface area contributed by atoms with Gasteiger partial charge in [-0.05, 0) is 36.4 Å². The zero-order valence-electron chi connectivity index (χ0n) is 12.8. The predicted octanol–water partition coefficient (Wildman–Crippen LogP) is 0.486. The predicted molar refractivity (Wildman–Crippen MR) is 83.8 cm³/mol. The fourth-order valence-electron chi connectivity index (χ4n) is 2.64. The van der Waals surface area contributed by atoms with Crippen LogP contribution in [0, 0.1) is 0 Å². The van der Waals surface area contributed by atoms with Crippen LogP contribution in [0.25, 0.3) is 0 Å². The van der Waals surface area contributed by atoms with E-state index in [2.05, 4.69) is 4.98 Å². The second-order valence-electron chi connectivity index (χ2n) is 5.37. The molecule has 1 atom stereocenters. The van der Waals surface area contributed by atoms with Crippen molar-refractivity contribution >= 4 is 17.5 Å². The Bertz CT molecular complexity index is 701. The van der Waals surface area contributed by atoms with E-state index in [-0.39, 0.29) is 24.3 Å². The largest absolute Gasteiger partial charge is 0.497 e. The van der Waals surface area contributed by atoms with Gasteiger partial charge in [0.15, 0.2) is 6.04 Å². The van der Waals surface area contributed by atoms with Gasteiger partial charge in [-0.15, -0.1) is 0 Å². The summed E-state index contributed by atoms with van der Waals surface area (Å²) in [5.74, 6) is 0.346. The van der Waals surface area contributed by atoms with Crippen LogP contribution in [0.15, 0.2) is 48.8 Å². The van der Waals surface area contributed by atoms with Gasteiger partial charge in [0.25, 0.3) is 5.91 Å². The zero-order valence-corrected chi connectivity index (χ0v) is 12.8. The molecule has 1 saturated heterocycles. The van der Waals surface area contributed by atoms with Crippen molar-refractivity contribution in [2.45, 2.75) is 19.0 Å². The Labute approximate surface area is 134 Å². The summed E-state index contributed by atoms with van der Waals surface area (Å²) in [5, 5.41) is 1.90. The molecule has 0 radical (unpaired) electrons.